The van der Waals surface area contributed by atoms with Gasteiger partial charge in [0, 0.05) is 4.47 Å². The summed E-state index contributed by atoms with van der Waals surface area (Å²) < 4.78 is 5.79. The van der Waals surface area contributed by atoms with Gasteiger partial charge in [0.1, 0.15) is 5.75 Å². The lowest BCUT2D eigenvalue weighted by Gasteiger charge is -2.06. The molecule has 1 heterocycles. The molecule has 0 aliphatic heterocycles. The first-order valence-electron chi connectivity index (χ1n) is 3.78. The summed E-state index contributed by atoms with van der Waals surface area (Å²) in [6.07, 6.45) is 1.61. The van der Waals surface area contributed by atoms with E-state index in [0.717, 1.165) is 10.2 Å². The van der Waals surface area contributed by atoms with Crippen molar-refractivity contribution >= 4 is 15.9 Å². The van der Waals surface area contributed by atoms with E-state index in [1.54, 1.807) is 26.3 Å². The first-order valence-corrected chi connectivity index (χ1v) is 4.57. The number of nitrogens with zero attached hydrogens (tertiary/aromatic N) is 2. The topological polar surface area (TPSA) is 45.9 Å². The molecule has 4 heteroatoms. The van der Waals surface area contributed by atoms with Crippen LogP contribution in [-0.2, 0) is 0 Å². The van der Waals surface area contributed by atoms with Gasteiger partial charge in [0.25, 0.3) is 0 Å². The molecule has 0 aromatic carbocycles. The molecule has 1 atom stereocenters. The Balaban J connectivity index is 3.06. The molecule has 0 radical (unpaired) electrons. The predicted molar refractivity (Wildman–Crippen MR) is 52.5 cm³/mol. The molecule has 1 unspecified atom stereocenters. The summed E-state index contributed by atoms with van der Waals surface area (Å²) in [5.41, 5.74) is 0.739. The van der Waals surface area contributed by atoms with Crippen LogP contribution in [0.25, 0.3) is 0 Å². The van der Waals surface area contributed by atoms with Crippen molar-refractivity contribution in [1.29, 1.82) is 5.26 Å². The molecule has 3 nitrogen and oxygen atoms in total. The fourth-order valence-electron chi connectivity index (χ4n) is 0.922. The molecule has 0 aliphatic rings. The Morgan fingerprint density at radius 1 is 1.69 bits per heavy atom. The van der Waals surface area contributed by atoms with Gasteiger partial charge in [0.15, 0.2) is 0 Å². The van der Waals surface area contributed by atoms with Crippen LogP contribution in [0.5, 0.6) is 5.75 Å². The van der Waals surface area contributed by atoms with Crippen LogP contribution >= 0.6 is 15.9 Å². The number of nitriles is 1. The van der Waals surface area contributed by atoms with E-state index in [9.17, 15) is 0 Å². The molecule has 1 aromatic heterocycles. The molecular weight excluding hydrogens is 232 g/mol. The monoisotopic (exact) mass is 240 g/mol. The maximum Gasteiger partial charge on any atom is 0.138 e. The molecule has 68 valence electrons. The third-order valence-corrected chi connectivity index (χ3v) is 2.32. The van der Waals surface area contributed by atoms with Gasteiger partial charge in [-0.15, -0.1) is 0 Å². The molecule has 0 bridgehead atoms. The summed E-state index contributed by atoms with van der Waals surface area (Å²) in [6.45, 7) is 1.81. The summed E-state index contributed by atoms with van der Waals surface area (Å²) in [4.78, 5) is 4.13. The van der Waals surface area contributed by atoms with Crippen molar-refractivity contribution in [3.05, 3.63) is 22.4 Å². The van der Waals surface area contributed by atoms with Crippen molar-refractivity contribution in [2.45, 2.75) is 12.8 Å². The molecule has 0 saturated carbocycles. The normalized spacial score (nSPS) is 11.8. The van der Waals surface area contributed by atoms with Crippen molar-refractivity contribution in [2.75, 3.05) is 7.11 Å². The zero-order valence-corrected chi connectivity index (χ0v) is 9.00. The van der Waals surface area contributed by atoms with E-state index in [-0.39, 0.29) is 5.92 Å². The van der Waals surface area contributed by atoms with E-state index < -0.39 is 0 Å². The van der Waals surface area contributed by atoms with Crippen LogP contribution in [0.15, 0.2) is 16.7 Å². The zero-order valence-electron chi connectivity index (χ0n) is 7.41. The minimum absolute atomic E-state index is 0.208. The highest BCUT2D eigenvalue weighted by Gasteiger charge is 2.10. The number of ether oxygens (including phenoxy) is 1. The number of hydrogen-bond acceptors (Lipinski definition) is 3. The zero-order chi connectivity index (χ0) is 9.84. The lowest BCUT2D eigenvalue weighted by Crippen LogP contribution is -1.96. The summed E-state index contributed by atoms with van der Waals surface area (Å²) >= 11 is 3.34. The molecule has 0 amide bonds. The van der Waals surface area contributed by atoms with Crippen LogP contribution < -0.4 is 4.74 Å². The summed E-state index contributed by atoms with van der Waals surface area (Å²) in [6, 6.07) is 3.93. The van der Waals surface area contributed by atoms with Gasteiger partial charge in [-0.1, -0.05) is 0 Å². The highest BCUT2D eigenvalue weighted by Crippen LogP contribution is 2.25. The summed E-state index contributed by atoms with van der Waals surface area (Å²) in [7, 11) is 1.58. The largest absolute Gasteiger partial charge is 0.495 e. The van der Waals surface area contributed by atoms with E-state index in [2.05, 4.69) is 27.0 Å². The Morgan fingerprint density at radius 2 is 2.38 bits per heavy atom. The van der Waals surface area contributed by atoms with Crippen LogP contribution in [0.2, 0.25) is 0 Å². The van der Waals surface area contributed by atoms with Gasteiger partial charge in [0.05, 0.1) is 31.0 Å². The Morgan fingerprint density at radius 3 is 2.85 bits per heavy atom. The minimum atomic E-state index is -0.208. The molecule has 1 rings (SSSR count). The van der Waals surface area contributed by atoms with E-state index in [1.807, 2.05) is 0 Å². The molecular formula is C9H9BrN2O. The van der Waals surface area contributed by atoms with Crippen LogP contribution in [0, 0.1) is 11.3 Å². The minimum Gasteiger partial charge on any atom is -0.495 e. The SMILES string of the molecule is COc1cnc(C(C)C#N)c(Br)c1. The Bertz CT molecular complexity index is 346. The van der Waals surface area contributed by atoms with Crippen molar-refractivity contribution < 1.29 is 4.74 Å². The van der Waals surface area contributed by atoms with Gasteiger partial charge in [-0.05, 0) is 28.9 Å². The highest BCUT2D eigenvalue weighted by atomic mass is 79.9. The lowest BCUT2D eigenvalue weighted by molar-refractivity contribution is 0.412. The fourth-order valence-corrected chi connectivity index (χ4v) is 1.59. The molecule has 0 N–H and O–H groups in total. The molecule has 0 saturated heterocycles. The molecule has 0 aliphatic carbocycles. The van der Waals surface area contributed by atoms with Crippen molar-refractivity contribution in [1.82, 2.24) is 4.98 Å². The molecule has 0 spiro atoms. The van der Waals surface area contributed by atoms with Crippen molar-refractivity contribution in [3.63, 3.8) is 0 Å². The average molecular weight is 241 g/mol. The first kappa shape index (κ1) is 10.0. The van der Waals surface area contributed by atoms with E-state index in [1.165, 1.54) is 0 Å². The van der Waals surface area contributed by atoms with Gasteiger partial charge in [-0.25, -0.2) is 0 Å². The number of rotatable bonds is 2. The Kier molecular flexibility index (Phi) is 3.26. The maximum absolute atomic E-state index is 8.70. The van der Waals surface area contributed by atoms with Crippen molar-refractivity contribution in [2.24, 2.45) is 0 Å². The number of halogens is 1. The quantitative estimate of drug-likeness (QED) is 0.798. The Hall–Kier alpha value is -1.08. The number of hydrogen-bond donors (Lipinski definition) is 0. The second-order valence-electron chi connectivity index (χ2n) is 2.59. The van der Waals surface area contributed by atoms with Gasteiger partial charge >= 0.3 is 0 Å². The van der Waals surface area contributed by atoms with Gasteiger partial charge in [0.2, 0.25) is 0 Å². The van der Waals surface area contributed by atoms with Crippen LogP contribution in [-0.4, -0.2) is 12.1 Å². The van der Waals surface area contributed by atoms with Crippen LogP contribution in [0.3, 0.4) is 0 Å². The van der Waals surface area contributed by atoms with Gasteiger partial charge in [-0.3, -0.25) is 4.98 Å². The standard InChI is InChI=1S/C9H9BrN2O/c1-6(4-11)9-8(10)3-7(13-2)5-12-9/h3,5-6H,1-2H3. The molecule has 1 aromatic rings. The summed E-state index contributed by atoms with van der Waals surface area (Å²) in [5.74, 6) is 0.473. The molecule has 13 heavy (non-hydrogen) atoms. The predicted octanol–water partition coefficient (Wildman–Crippen LogP) is 2.48. The fraction of sp³-hybridized carbons (Fsp3) is 0.333. The third kappa shape index (κ3) is 2.19. The second-order valence-corrected chi connectivity index (χ2v) is 3.45. The highest BCUT2D eigenvalue weighted by molar-refractivity contribution is 9.10. The number of pyridine rings is 1. The number of aromatic nitrogens is 1. The van der Waals surface area contributed by atoms with Crippen LogP contribution in [0.4, 0.5) is 0 Å². The van der Waals surface area contributed by atoms with E-state index in [0.29, 0.717) is 5.75 Å². The Labute approximate surface area is 85.5 Å². The third-order valence-electron chi connectivity index (χ3n) is 1.68. The van der Waals surface area contributed by atoms with Crippen LogP contribution in [0.1, 0.15) is 18.5 Å². The van der Waals surface area contributed by atoms with E-state index >= 15 is 0 Å². The first-order chi connectivity index (χ1) is 6.19. The van der Waals surface area contributed by atoms with E-state index in [4.69, 9.17) is 10.00 Å². The lowest BCUT2D eigenvalue weighted by atomic mass is 10.1. The van der Waals surface area contributed by atoms with Gasteiger partial charge in [-0.2, -0.15) is 5.26 Å². The second kappa shape index (κ2) is 4.24. The number of methoxy groups -OCH3 is 1. The smallest absolute Gasteiger partial charge is 0.138 e. The molecule has 0 fully saturated rings. The summed E-state index contributed by atoms with van der Waals surface area (Å²) in [5, 5.41) is 8.70. The average Bonchev–Trinajstić information content (AvgIpc) is 2.16. The van der Waals surface area contributed by atoms with Gasteiger partial charge < -0.3 is 4.74 Å². The maximum atomic E-state index is 8.70. The van der Waals surface area contributed by atoms with Crippen molar-refractivity contribution in [3.8, 4) is 11.8 Å².